The average molecular weight is 282 g/mol. The summed E-state index contributed by atoms with van der Waals surface area (Å²) < 4.78 is 0. The SMILES string of the molecule is CCCNC(CC(CC)CC)c1cccc(Cl)c1C. The van der Waals surface area contributed by atoms with Gasteiger partial charge in [0, 0.05) is 11.1 Å². The number of hydrogen-bond acceptors (Lipinski definition) is 1. The van der Waals surface area contributed by atoms with Crippen LogP contribution in [0.3, 0.4) is 0 Å². The molecule has 108 valence electrons. The lowest BCUT2D eigenvalue weighted by Crippen LogP contribution is -2.25. The summed E-state index contributed by atoms with van der Waals surface area (Å²) in [7, 11) is 0. The summed E-state index contributed by atoms with van der Waals surface area (Å²) in [6.45, 7) is 9.99. The van der Waals surface area contributed by atoms with Gasteiger partial charge in [-0.05, 0) is 49.4 Å². The monoisotopic (exact) mass is 281 g/mol. The Bertz CT molecular complexity index is 372. The molecule has 2 heteroatoms. The Morgan fingerprint density at radius 3 is 2.42 bits per heavy atom. The molecule has 1 unspecified atom stereocenters. The Morgan fingerprint density at radius 1 is 1.16 bits per heavy atom. The Hall–Kier alpha value is -0.530. The minimum absolute atomic E-state index is 0.434. The molecule has 0 aliphatic heterocycles. The van der Waals surface area contributed by atoms with E-state index in [1.54, 1.807) is 0 Å². The maximum Gasteiger partial charge on any atom is 0.0438 e. The molecule has 1 aromatic carbocycles. The van der Waals surface area contributed by atoms with E-state index in [1.165, 1.54) is 36.8 Å². The van der Waals surface area contributed by atoms with Gasteiger partial charge in [0.1, 0.15) is 0 Å². The molecule has 0 fully saturated rings. The van der Waals surface area contributed by atoms with Crippen LogP contribution in [-0.2, 0) is 0 Å². The molecule has 1 atom stereocenters. The minimum Gasteiger partial charge on any atom is -0.310 e. The molecule has 0 radical (unpaired) electrons. The quantitative estimate of drug-likeness (QED) is 0.662. The molecule has 0 heterocycles. The smallest absolute Gasteiger partial charge is 0.0438 e. The molecule has 1 aromatic rings. The lowest BCUT2D eigenvalue weighted by Gasteiger charge is -2.25. The minimum atomic E-state index is 0.434. The third-order valence-corrected chi connectivity index (χ3v) is 4.46. The number of hydrogen-bond donors (Lipinski definition) is 1. The second kappa shape index (κ2) is 8.60. The van der Waals surface area contributed by atoms with Gasteiger partial charge in [0.25, 0.3) is 0 Å². The summed E-state index contributed by atoms with van der Waals surface area (Å²) in [4.78, 5) is 0. The molecule has 0 aromatic heterocycles. The van der Waals surface area contributed by atoms with Crippen LogP contribution in [0.4, 0.5) is 0 Å². The van der Waals surface area contributed by atoms with Crippen molar-refractivity contribution in [2.75, 3.05) is 6.54 Å². The largest absolute Gasteiger partial charge is 0.310 e. The molecule has 1 nitrogen and oxygen atoms in total. The molecule has 0 aliphatic rings. The Kier molecular flexibility index (Phi) is 7.48. The van der Waals surface area contributed by atoms with E-state index in [-0.39, 0.29) is 0 Å². The van der Waals surface area contributed by atoms with Crippen LogP contribution in [0, 0.1) is 12.8 Å². The molecule has 19 heavy (non-hydrogen) atoms. The van der Waals surface area contributed by atoms with E-state index in [4.69, 9.17) is 11.6 Å². The lowest BCUT2D eigenvalue weighted by atomic mass is 9.89. The van der Waals surface area contributed by atoms with Gasteiger partial charge >= 0.3 is 0 Å². The maximum atomic E-state index is 6.27. The van der Waals surface area contributed by atoms with Crippen LogP contribution < -0.4 is 5.32 Å². The summed E-state index contributed by atoms with van der Waals surface area (Å²) in [5.74, 6) is 0.785. The second-order valence-corrected chi connectivity index (χ2v) is 5.79. The third-order valence-electron chi connectivity index (χ3n) is 4.05. The van der Waals surface area contributed by atoms with E-state index in [0.29, 0.717) is 6.04 Å². The summed E-state index contributed by atoms with van der Waals surface area (Å²) in [6.07, 6.45) is 4.87. The molecule has 0 saturated carbocycles. The van der Waals surface area contributed by atoms with E-state index in [1.807, 2.05) is 6.07 Å². The van der Waals surface area contributed by atoms with Gasteiger partial charge in [-0.1, -0.05) is 57.3 Å². The lowest BCUT2D eigenvalue weighted by molar-refractivity contribution is 0.370. The Labute approximate surface area is 123 Å². The van der Waals surface area contributed by atoms with Gasteiger partial charge in [0.05, 0.1) is 0 Å². The van der Waals surface area contributed by atoms with Crippen LogP contribution in [0.25, 0.3) is 0 Å². The fraction of sp³-hybridized carbons (Fsp3) is 0.647. The van der Waals surface area contributed by atoms with Crippen molar-refractivity contribution in [1.82, 2.24) is 5.32 Å². The summed E-state index contributed by atoms with van der Waals surface area (Å²) >= 11 is 6.27. The highest BCUT2D eigenvalue weighted by Gasteiger charge is 2.18. The number of halogens is 1. The zero-order valence-electron chi connectivity index (χ0n) is 12.8. The van der Waals surface area contributed by atoms with Crippen molar-refractivity contribution < 1.29 is 0 Å². The number of rotatable bonds is 8. The predicted octanol–water partition coefficient (Wildman–Crippen LogP) is 5.52. The van der Waals surface area contributed by atoms with E-state index in [2.05, 4.69) is 45.1 Å². The molecule has 0 saturated heterocycles. The van der Waals surface area contributed by atoms with E-state index >= 15 is 0 Å². The van der Waals surface area contributed by atoms with Crippen molar-refractivity contribution in [2.45, 2.75) is 59.4 Å². The van der Waals surface area contributed by atoms with Gasteiger partial charge in [-0.3, -0.25) is 0 Å². The normalized spacial score (nSPS) is 12.9. The van der Waals surface area contributed by atoms with Crippen molar-refractivity contribution in [1.29, 1.82) is 0 Å². The van der Waals surface area contributed by atoms with Gasteiger partial charge < -0.3 is 5.32 Å². The molecule has 0 spiro atoms. The first-order valence-electron chi connectivity index (χ1n) is 7.62. The van der Waals surface area contributed by atoms with E-state index in [9.17, 15) is 0 Å². The van der Waals surface area contributed by atoms with Gasteiger partial charge in [0.15, 0.2) is 0 Å². The average Bonchev–Trinajstić information content (AvgIpc) is 2.43. The fourth-order valence-corrected chi connectivity index (χ4v) is 2.78. The van der Waals surface area contributed by atoms with Crippen LogP contribution in [0.15, 0.2) is 18.2 Å². The van der Waals surface area contributed by atoms with E-state index in [0.717, 1.165) is 17.5 Å². The third kappa shape index (κ3) is 4.81. The molecular weight excluding hydrogens is 254 g/mol. The first-order chi connectivity index (χ1) is 9.13. The first kappa shape index (κ1) is 16.5. The molecule has 0 bridgehead atoms. The van der Waals surface area contributed by atoms with Crippen molar-refractivity contribution in [3.8, 4) is 0 Å². The van der Waals surface area contributed by atoms with Gasteiger partial charge in [0.2, 0.25) is 0 Å². The van der Waals surface area contributed by atoms with Crippen LogP contribution in [0.5, 0.6) is 0 Å². The fourth-order valence-electron chi connectivity index (χ4n) is 2.60. The maximum absolute atomic E-state index is 6.27. The molecule has 1 N–H and O–H groups in total. The van der Waals surface area contributed by atoms with Crippen LogP contribution in [0.1, 0.15) is 63.6 Å². The highest BCUT2D eigenvalue weighted by atomic mass is 35.5. The van der Waals surface area contributed by atoms with Gasteiger partial charge in [-0.2, -0.15) is 0 Å². The zero-order chi connectivity index (χ0) is 14.3. The highest BCUT2D eigenvalue weighted by Crippen LogP contribution is 2.30. The first-order valence-corrected chi connectivity index (χ1v) is 8.00. The van der Waals surface area contributed by atoms with Crippen molar-refractivity contribution in [2.24, 2.45) is 5.92 Å². The predicted molar refractivity (Wildman–Crippen MR) is 85.9 cm³/mol. The van der Waals surface area contributed by atoms with Crippen molar-refractivity contribution in [3.63, 3.8) is 0 Å². The summed E-state index contributed by atoms with van der Waals surface area (Å²) in [6, 6.07) is 6.70. The highest BCUT2D eigenvalue weighted by molar-refractivity contribution is 6.31. The molecule has 0 amide bonds. The van der Waals surface area contributed by atoms with Crippen molar-refractivity contribution in [3.05, 3.63) is 34.3 Å². The molecular formula is C17H28ClN. The van der Waals surface area contributed by atoms with Crippen LogP contribution in [-0.4, -0.2) is 6.54 Å². The van der Waals surface area contributed by atoms with Crippen LogP contribution >= 0.6 is 11.6 Å². The van der Waals surface area contributed by atoms with Crippen LogP contribution in [0.2, 0.25) is 5.02 Å². The number of nitrogens with one attached hydrogen (secondary N) is 1. The second-order valence-electron chi connectivity index (χ2n) is 5.38. The van der Waals surface area contributed by atoms with E-state index < -0.39 is 0 Å². The Morgan fingerprint density at radius 2 is 1.84 bits per heavy atom. The standard InChI is InChI=1S/C17H28ClN/c1-5-11-19-17(12-14(6-2)7-3)15-9-8-10-16(18)13(15)4/h8-10,14,17,19H,5-7,11-12H2,1-4H3. The Balaban J connectivity index is 2.91. The topological polar surface area (TPSA) is 12.0 Å². The molecule has 1 rings (SSSR count). The zero-order valence-corrected chi connectivity index (χ0v) is 13.6. The molecule has 0 aliphatic carbocycles. The summed E-state index contributed by atoms with van der Waals surface area (Å²) in [5.41, 5.74) is 2.59. The van der Waals surface area contributed by atoms with Gasteiger partial charge in [-0.25, -0.2) is 0 Å². The van der Waals surface area contributed by atoms with Gasteiger partial charge in [-0.15, -0.1) is 0 Å². The number of benzene rings is 1. The summed E-state index contributed by atoms with van der Waals surface area (Å²) in [5, 5.41) is 4.57. The van der Waals surface area contributed by atoms with Crippen molar-refractivity contribution >= 4 is 11.6 Å².